The molecule has 0 aliphatic carbocycles. The summed E-state index contributed by atoms with van der Waals surface area (Å²) < 4.78 is 29.0. The maximum absolute atomic E-state index is 11.6. The van der Waals surface area contributed by atoms with Crippen LogP contribution in [0.2, 0.25) is 0 Å². The van der Waals surface area contributed by atoms with Gasteiger partial charge < -0.3 is 4.74 Å². The number of hydrazine groups is 1. The van der Waals surface area contributed by atoms with E-state index < -0.39 is 9.84 Å². The van der Waals surface area contributed by atoms with Crippen LogP contribution in [0.3, 0.4) is 0 Å². The normalized spacial score (nSPS) is 22.6. The fraction of sp³-hybridized carbons (Fsp3) is 0.571. The zero-order valence-electron chi connectivity index (χ0n) is 11.7. The molecule has 1 aromatic rings. The van der Waals surface area contributed by atoms with Crippen LogP contribution in [0, 0.1) is 5.92 Å². The van der Waals surface area contributed by atoms with Gasteiger partial charge in [0.15, 0.2) is 9.84 Å². The van der Waals surface area contributed by atoms with E-state index in [1.54, 1.807) is 0 Å². The van der Waals surface area contributed by atoms with Crippen molar-refractivity contribution in [2.75, 3.05) is 18.1 Å². The lowest BCUT2D eigenvalue weighted by Crippen LogP contribution is -2.34. The lowest BCUT2D eigenvalue weighted by atomic mass is 9.92. The van der Waals surface area contributed by atoms with E-state index in [4.69, 9.17) is 10.6 Å². The maximum atomic E-state index is 11.6. The Labute approximate surface area is 120 Å². The summed E-state index contributed by atoms with van der Waals surface area (Å²) in [7, 11) is -2.92. The summed E-state index contributed by atoms with van der Waals surface area (Å²) in [4.78, 5) is 0. The van der Waals surface area contributed by atoms with Crippen molar-refractivity contribution in [1.29, 1.82) is 0 Å². The highest BCUT2D eigenvalue weighted by atomic mass is 32.2. The molecule has 6 heteroatoms. The van der Waals surface area contributed by atoms with E-state index in [9.17, 15) is 8.42 Å². The molecule has 2 rings (SSSR count). The number of para-hydroxylation sites is 1. The van der Waals surface area contributed by atoms with Crippen molar-refractivity contribution in [2.45, 2.75) is 25.8 Å². The molecule has 0 saturated carbocycles. The average molecular weight is 298 g/mol. The molecule has 5 nitrogen and oxygen atoms in total. The van der Waals surface area contributed by atoms with Crippen molar-refractivity contribution in [1.82, 2.24) is 5.43 Å². The Hall–Kier alpha value is -1.11. The van der Waals surface area contributed by atoms with Gasteiger partial charge in [0, 0.05) is 5.56 Å². The molecule has 0 aromatic heterocycles. The van der Waals surface area contributed by atoms with Crippen molar-refractivity contribution in [3.8, 4) is 5.75 Å². The molecule has 0 radical (unpaired) electrons. The summed E-state index contributed by atoms with van der Waals surface area (Å²) in [5.41, 5.74) is 3.71. The van der Waals surface area contributed by atoms with E-state index in [1.807, 2.05) is 31.2 Å². The number of ether oxygens (including phenoxy) is 1. The molecule has 0 spiro atoms. The van der Waals surface area contributed by atoms with Crippen molar-refractivity contribution in [2.24, 2.45) is 11.8 Å². The Balaban J connectivity index is 2.23. The molecule has 1 fully saturated rings. The second-order valence-electron chi connectivity index (χ2n) is 5.19. The van der Waals surface area contributed by atoms with Crippen LogP contribution in [0.5, 0.6) is 5.75 Å². The number of sulfone groups is 1. The van der Waals surface area contributed by atoms with E-state index in [1.165, 1.54) is 0 Å². The lowest BCUT2D eigenvalue weighted by Gasteiger charge is -2.24. The summed E-state index contributed by atoms with van der Waals surface area (Å²) in [5.74, 6) is 6.87. The minimum absolute atomic E-state index is 0.00336. The number of nitrogens with two attached hydrogens (primary N) is 1. The average Bonchev–Trinajstić information content (AvgIpc) is 2.79. The molecule has 1 aromatic carbocycles. The quantitative estimate of drug-likeness (QED) is 0.613. The highest BCUT2D eigenvalue weighted by molar-refractivity contribution is 7.91. The fourth-order valence-corrected chi connectivity index (χ4v) is 4.49. The monoisotopic (exact) mass is 298 g/mol. The molecule has 1 saturated heterocycles. The van der Waals surface area contributed by atoms with Crippen LogP contribution in [0.1, 0.15) is 31.4 Å². The van der Waals surface area contributed by atoms with Crippen molar-refractivity contribution >= 4 is 9.84 Å². The summed E-state index contributed by atoms with van der Waals surface area (Å²) in [6.45, 7) is 2.68. The molecule has 1 aliphatic heterocycles. The van der Waals surface area contributed by atoms with Gasteiger partial charge in [0.25, 0.3) is 0 Å². The number of hydrogen-bond donors (Lipinski definition) is 2. The maximum Gasteiger partial charge on any atom is 0.150 e. The first kappa shape index (κ1) is 15.3. The number of benzene rings is 1. The topological polar surface area (TPSA) is 81.4 Å². The van der Waals surface area contributed by atoms with Gasteiger partial charge in [-0.15, -0.1) is 0 Å². The predicted molar refractivity (Wildman–Crippen MR) is 79.1 cm³/mol. The third-order valence-corrected chi connectivity index (χ3v) is 5.43. The lowest BCUT2D eigenvalue weighted by molar-refractivity contribution is 0.302. The van der Waals surface area contributed by atoms with Gasteiger partial charge in [-0.1, -0.05) is 25.1 Å². The Bertz CT molecular complexity index is 545. The van der Waals surface area contributed by atoms with Crippen LogP contribution in [0.25, 0.3) is 0 Å². The zero-order chi connectivity index (χ0) is 14.6. The summed E-state index contributed by atoms with van der Waals surface area (Å²) in [6, 6.07) is 7.48. The van der Waals surface area contributed by atoms with Crippen LogP contribution in [-0.4, -0.2) is 26.5 Å². The predicted octanol–water partition coefficient (Wildman–Crippen LogP) is 1.41. The molecular formula is C14H22N2O3S. The number of nitrogens with one attached hydrogen (secondary N) is 1. The molecule has 1 aliphatic rings. The van der Waals surface area contributed by atoms with E-state index >= 15 is 0 Å². The molecule has 3 N–H and O–H groups in total. The van der Waals surface area contributed by atoms with Gasteiger partial charge >= 0.3 is 0 Å². The fourth-order valence-electron chi connectivity index (χ4n) is 2.65. The van der Waals surface area contributed by atoms with Crippen LogP contribution in [0.4, 0.5) is 0 Å². The van der Waals surface area contributed by atoms with Crippen LogP contribution >= 0.6 is 0 Å². The third-order valence-electron chi connectivity index (χ3n) is 3.63. The summed E-state index contributed by atoms with van der Waals surface area (Å²) in [6.07, 6.45) is 1.56. The molecule has 20 heavy (non-hydrogen) atoms. The second kappa shape index (κ2) is 6.56. The largest absolute Gasteiger partial charge is 0.493 e. The molecular weight excluding hydrogens is 276 g/mol. The van der Waals surface area contributed by atoms with E-state index in [0.717, 1.165) is 17.7 Å². The van der Waals surface area contributed by atoms with E-state index in [2.05, 4.69) is 5.43 Å². The van der Waals surface area contributed by atoms with Gasteiger partial charge in [0.2, 0.25) is 0 Å². The second-order valence-corrected chi connectivity index (χ2v) is 7.42. The minimum Gasteiger partial charge on any atom is -0.493 e. The van der Waals surface area contributed by atoms with Gasteiger partial charge in [-0.25, -0.2) is 8.42 Å². The van der Waals surface area contributed by atoms with Gasteiger partial charge in [0.05, 0.1) is 24.2 Å². The summed E-state index contributed by atoms with van der Waals surface area (Å²) in [5, 5.41) is 0. The van der Waals surface area contributed by atoms with E-state index in [0.29, 0.717) is 13.0 Å². The molecule has 112 valence electrons. The Morgan fingerprint density at radius 1 is 1.45 bits per heavy atom. The smallest absolute Gasteiger partial charge is 0.150 e. The molecule has 1 heterocycles. The summed E-state index contributed by atoms with van der Waals surface area (Å²) >= 11 is 0. The number of hydrogen-bond acceptors (Lipinski definition) is 5. The highest BCUT2D eigenvalue weighted by Gasteiger charge is 2.35. The first-order chi connectivity index (χ1) is 9.57. The Morgan fingerprint density at radius 3 is 2.80 bits per heavy atom. The van der Waals surface area contributed by atoms with Crippen molar-refractivity contribution < 1.29 is 13.2 Å². The van der Waals surface area contributed by atoms with Crippen LogP contribution < -0.4 is 16.0 Å². The Kier molecular flexibility index (Phi) is 5.01. The first-order valence-electron chi connectivity index (χ1n) is 6.95. The first-order valence-corrected chi connectivity index (χ1v) is 8.78. The van der Waals surface area contributed by atoms with Gasteiger partial charge in [-0.3, -0.25) is 11.3 Å². The SMILES string of the molecule is CCCOc1ccccc1C(NN)C1CCS(=O)(=O)C1. The standard InChI is InChI=1S/C14H22N2O3S/c1-2-8-19-13-6-4-3-5-12(13)14(16-15)11-7-9-20(17,18)10-11/h3-6,11,14,16H,2,7-10,15H2,1H3. The molecule has 2 atom stereocenters. The minimum atomic E-state index is -2.92. The van der Waals surface area contributed by atoms with Gasteiger partial charge in [0.1, 0.15) is 5.75 Å². The highest BCUT2D eigenvalue weighted by Crippen LogP contribution is 2.35. The zero-order valence-corrected chi connectivity index (χ0v) is 12.5. The molecule has 2 unspecified atom stereocenters. The van der Waals surface area contributed by atoms with Crippen LogP contribution in [0.15, 0.2) is 24.3 Å². The third kappa shape index (κ3) is 3.50. The van der Waals surface area contributed by atoms with Gasteiger partial charge in [-0.05, 0) is 24.8 Å². The van der Waals surface area contributed by atoms with Gasteiger partial charge in [-0.2, -0.15) is 0 Å². The van der Waals surface area contributed by atoms with Crippen molar-refractivity contribution in [3.05, 3.63) is 29.8 Å². The Morgan fingerprint density at radius 2 is 2.20 bits per heavy atom. The molecule has 0 amide bonds. The molecule has 0 bridgehead atoms. The van der Waals surface area contributed by atoms with E-state index in [-0.39, 0.29) is 23.5 Å². The van der Waals surface area contributed by atoms with Crippen LogP contribution in [-0.2, 0) is 9.84 Å². The van der Waals surface area contributed by atoms with Crippen molar-refractivity contribution in [3.63, 3.8) is 0 Å². The number of rotatable bonds is 6.